The first-order chi connectivity index (χ1) is 10.8. The Labute approximate surface area is 138 Å². The van der Waals surface area contributed by atoms with Crippen molar-refractivity contribution < 1.29 is 12.8 Å². The van der Waals surface area contributed by atoms with Crippen molar-refractivity contribution in [2.24, 2.45) is 0 Å². The number of sulfonamides is 1. The lowest BCUT2D eigenvalue weighted by molar-refractivity contribution is 0.534. The minimum atomic E-state index is -3.63. The van der Waals surface area contributed by atoms with Gasteiger partial charge in [0.15, 0.2) is 0 Å². The first kappa shape index (κ1) is 15.7. The number of aromatic nitrogens is 2. The number of hydrogen-bond acceptors (Lipinski definition) is 6. The van der Waals surface area contributed by atoms with Gasteiger partial charge in [0.1, 0.15) is 0 Å². The number of anilines is 1. The predicted molar refractivity (Wildman–Crippen MR) is 89.1 cm³/mol. The van der Waals surface area contributed by atoms with Crippen LogP contribution in [-0.4, -0.2) is 18.6 Å². The maximum atomic E-state index is 12.5. The molecule has 0 unspecified atom stereocenters. The molecule has 0 aliphatic rings. The topological polar surface area (TPSA) is 85.1 Å². The van der Waals surface area contributed by atoms with Crippen molar-refractivity contribution in [3.63, 3.8) is 0 Å². The van der Waals surface area contributed by atoms with E-state index < -0.39 is 10.0 Å². The van der Waals surface area contributed by atoms with Gasteiger partial charge in [-0.1, -0.05) is 12.1 Å². The van der Waals surface area contributed by atoms with Crippen molar-refractivity contribution in [2.75, 3.05) is 4.72 Å². The average molecular weight is 349 g/mol. The van der Waals surface area contributed by atoms with Crippen LogP contribution in [0.5, 0.6) is 0 Å². The fourth-order valence-corrected chi connectivity index (χ4v) is 4.25. The van der Waals surface area contributed by atoms with Gasteiger partial charge in [-0.25, -0.2) is 8.42 Å². The van der Waals surface area contributed by atoms with E-state index in [0.717, 1.165) is 15.3 Å². The molecular formula is C15H15N3O3S2. The Hall–Kier alpha value is -2.19. The molecule has 120 valence electrons. The Bertz CT molecular complexity index is 958. The normalized spacial score (nSPS) is 11.6. The van der Waals surface area contributed by atoms with Crippen LogP contribution in [0.3, 0.4) is 0 Å². The van der Waals surface area contributed by atoms with Crippen molar-refractivity contribution in [1.29, 1.82) is 0 Å². The molecule has 23 heavy (non-hydrogen) atoms. The number of rotatable bonds is 4. The second kappa shape index (κ2) is 5.78. The van der Waals surface area contributed by atoms with Crippen LogP contribution in [0.4, 0.5) is 5.69 Å². The molecule has 3 aromatic rings. The molecule has 0 amide bonds. The van der Waals surface area contributed by atoms with E-state index in [4.69, 9.17) is 4.42 Å². The molecule has 0 radical (unpaired) electrons. The highest BCUT2D eigenvalue weighted by Crippen LogP contribution is 2.34. The van der Waals surface area contributed by atoms with Gasteiger partial charge in [-0.15, -0.1) is 21.5 Å². The standard InChI is InChI=1S/C15H15N3O3S2/c1-9-5-4-6-12(7-9)23(19,20)18-13-8-14(22-10(13)2)15-17-16-11(3)21-15/h4-8,18H,1-3H3. The molecule has 0 saturated carbocycles. The smallest absolute Gasteiger partial charge is 0.261 e. The molecule has 0 fully saturated rings. The molecule has 0 atom stereocenters. The van der Waals surface area contributed by atoms with E-state index in [0.29, 0.717) is 17.5 Å². The minimum absolute atomic E-state index is 0.235. The van der Waals surface area contributed by atoms with Crippen molar-refractivity contribution in [1.82, 2.24) is 10.2 Å². The van der Waals surface area contributed by atoms with Gasteiger partial charge in [0.05, 0.1) is 15.5 Å². The molecule has 3 rings (SSSR count). The lowest BCUT2D eigenvalue weighted by Crippen LogP contribution is -2.13. The summed E-state index contributed by atoms with van der Waals surface area (Å²) in [4.78, 5) is 1.79. The highest BCUT2D eigenvalue weighted by atomic mass is 32.2. The Morgan fingerprint density at radius 3 is 2.57 bits per heavy atom. The molecule has 6 nitrogen and oxygen atoms in total. The number of nitrogens with one attached hydrogen (secondary N) is 1. The van der Waals surface area contributed by atoms with Crippen LogP contribution in [0, 0.1) is 20.8 Å². The van der Waals surface area contributed by atoms with E-state index in [1.54, 1.807) is 31.2 Å². The molecule has 8 heteroatoms. The number of benzene rings is 1. The third-order valence-corrected chi connectivity index (χ3v) is 5.60. The molecule has 2 heterocycles. The van der Waals surface area contributed by atoms with Crippen molar-refractivity contribution in [3.05, 3.63) is 46.7 Å². The Kier molecular flexibility index (Phi) is 3.95. The fourth-order valence-electron chi connectivity index (χ4n) is 2.07. The molecule has 2 aromatic heterocycles. The van der Waals surface area contributed by atoms with Crippen molar-refractivity contribution in [3.8, 4) is 10.8 Å². The van der Waals surface area contributed by atoms with Crippen LogP contribution in [0.15, 0.2) is 39.6 Å². The van der Waals surface area contributed by atoms with Crippen LogP contribution >= 0.6 is 11.3 Å². The molecule has 0 bridgehead atoms. The lowest BCUT2D eigenvalue weighted by atomic mass is 10.2. The van der Waals surface area contributed by atoms with Crippen LogP contribution in [-0.2, 0) is 10.0 Å². The Morgan fingerprint density at radius 2 is 1.91 bits per heavy atom. The Balaban J connectivity index is 1.92. The van der Waals surface area contributed by atoms with Gasteiger partial charge in [-0.05, 0) is 37.6 Å². The van der Waals surface area contributed by atoms with Gasteiger partial charge in [-0.3, -0.25) is 4.72 Å². The van der Waals surface area contributed by atoms with E-state index >= 15 is 0 Å². The monoisotopic (exact) mass is 349 g/mol. The quantitative estimate of drug-likeness (QED) is 0.779. The van der Waals surface area contributed by atoms with Crippen LogP contribution < -0.4 is 4.72 Å². The van der Waals surface area contributed by atoms with Crippen LogP contribution in [0.2, 0.25) is 0 Å². The van der Waals surface area contributed by atoms with E-state index in [2.05, 4.69) is 14.9 Å². The molecular weight excluding hydrogens is 334 g/mol. The second-order valence-corrected chi connectivity index (χ2v) is 8.07. The highest BCUT2D eigenvalue weighted by molar-refractivity contribution is 7.92. The highest BCUT2D eigenvalue weighted by Gasteiger charge is 2.19. The summed E-state index contributed by atoms with van der Waals surface area (Å²) in [6.07, 6.45) is 0. The third kappa shape index (κ3) is 3.27. The number of nitrogens with zero attached hydrogens (tertiary/aromatic N) is 2. The van der Waals surface area contributed by atoms with Gasteiger partial charge in [-0.2, -0.15) is 0 Å². The molecule has 1 N–H and O–H groups in total. The zero-order valence-corrected chi connectivity index (χ0v) is 14.5. The summed E-state index contributed by atoms with van der Waals surface area (Å²) in [5, 5.41) is 7.74. The summed E-state index contributed by atoms with van der Waals surface area (Å²) in [6.45, 7) is 5.40. The first-order valence-electron chi connectivity index (χ1n) is 6.85. The van der Waals surface area contributed by atoms with E-state index in [1.807, 2.05) is 19.9 Å². The van der Waals surface area contributed by atoms with Crippen LogP contribution in [0.1, 0.15) is 16.3 Å². The average Bonchev–Trinajstić information content (AvgIpc) is 3.06. The maximum absolute atomic E-state index is 12.5. The third-order valence-electron chi connectivity index (χ3n) is 3.20. The number of hydrogen-bond donors (Lipinski definition) is 1. The molecule has 0 saturated heterocycles. The number of aryl methyl sites for hydroxylation is 3. The molecule has 0 spiro atoms. The number of thiophene rings is 1. The van der Waals surface area contributed by atoms with Crippen LogP contribution in [0.25, 0.3) is 10.8 Å². The fraction of sp³-hybridized carbons (Fsp3) is 0.200. The van der Waals surface area contributed by atoms with Crippen molar-refractivity contribution >= 4 is 27.0 Å². The minimum Gasteiger partial charge on any atom is -0.420 e. The van der Waals surface area contributed by atoms with Gasteiger partial charge >= 0.3 is 0 Å². The Morgan fingerprint density at radius 1 is 1.13 bits per heavy atom. The lowest BCUT2D eigenvalue weighted by Gasteiger charge is -2.07. The second-order valence-electron chi connectivity index (χ2n) is 5.13. The molecule has 0 aliphatic heterocycles. The van der Waals surface area contributed by atoms with E-state index in [9.17, 15) is 8.42 Å². The summed E-state index contributed by atoms with van der Waals surface area (Å²) in [7, 11) is -3.63. The van der Waals surface area contributed by atoms with Gasteiger partial charge in [0.2, 0.25) is 5.89 Å². The van der Waals surface area contributed by atoms with E-state index in [1.165, 1.54) is 11.3 Å². The zero-order chi connectivity index (χ0) is 16.6. The largest absolute Gasteiger partial charge is 0.420 e. The maximum Gasteiger partial charge on any atom is 0.261 e. The van der Waals surface area contributed by atoms with Gasteiger partial charge in [0, 0.05) is 11.8 Å². The SMILES string of the molecule is Cc1cccc(S(=O)(=O)Nc2cc(-c3nnc(C)o3)sc2C)c1. The van der Waals surface area contributed by atoms with Gasteiger partial charge < -0.3 is 4.42 Å². The summed E-state index contributed by atoms with van der Waals surface area (Å²) in [5.74, 6) is 0.851. The first-order valence-corrected chi connectivity index (χ1v) is 9.15. The van der Waals surface area contributed by atoms with Crippen molar-refractivity contribution in [2.45, 2.75) is 25.7 Å². The summed E-state index contributed by atoms with van der Waals surface area (Å²) in [6, 6.07) is 8.48. The summed E-state index contributed by atoms with van der Waals surface area (Å²) < 4.78 is 33.0. The molecule has 0 aliphatic carbocycles. The summed E-state index contributed by atoms with van der Waals surface area (Å²) in [5.41, 5.74) is 1.40. The van der Waals surface area contributed by atoms with Gasteiger partial charge in [0.25, 0.3) is 15.9 Å². The predicted octanol–water partition coefficient (Wildman–Crippen LogP) is 3.52. The zero-order valence-electron chi connectivity index (χ0n) is 12.8. The summed E-state index contributed by atoms with van der Waals surface area (Å²) >= 11 is 1.40. The molecule has 1 aromatic carbocycles. The van der Waals surface area contributed by atoms with E-state index in [-0.39, 0.29) is 4.90 Å².